The summed E-state index contributed by atoms with van der Waals surface area (Å²) in [7, 11) is -3.64. The van der Waals surface area contributed by atoms with Gasteiger partial charge in [-0.1, -0.05) is 36.4 Å². The maximum absolute atomic E-state index is 12.9. The zero-order chi connectivity index (χ0) is 20.4. The highest BCUT2D eigenvalue weighted by atomic mass is 32.2. The van der Waals surface area contributed by atoms with Crippen LogP contribution in [0.25, 0.3) is 11.3 Å². The van der Waals surface area contributed by atoms with Crippen molar-refractivity contribution >= 4 is 38.6 Å². The van der Waals surface area contributed by atoms with Gasteiger partial charge in [0.15, 0.2) is 0 Å². The molecule has 0 bridgehead atoms. The second-order valence-electron chi connectivity index (χ2n) is 6.87. The number of benzene rings is 1. The number of nitrogens with zero attached hydrogens (tertiary/aromatic N) is 2. The number of amides is 1. The molecule has 1 aliphatic heterocycles. The fraction of sp³-hybridized carbons (Fsp3) is 0.300. The second kappa shape index (κ2) is 8.35. The Kier molecular flexibility index (Phi) is 5.82. The molecule has 1 aromatic carbocycles. The zero-order valence-corrected chi connectivity index (χ0v) is 18.3. The Labute approximate surface area is 178 Å². The first-order chi connectivity index (χ1) is 14.0. The summed E-state index contributed by atoms with van der Waals surface area (Å²) in [6, 6.07) is 12.2. The molecule has 2 aromatic heterocycles. The van der Waals surface area contributed by atoms with Gasteiger partial charge in [0.1, 0.15) is 15.3 Å². The van der Waals surface area contributed by atoms with E-state index in [0.29, 0.717) is 19.4 Å². The molecule has 1 saturated heterocycles. The molecule has 2 atom stereocenters. The number of hydrogen-bond donors (Lipinski definition) is 1. The van der Waals surface area contributed by atoms with Crippen LogP contribution < -0.4 is 5.32 Å². The molecule has 0 spiro atoms. The van der Waals surface area contributed by atoms with E-state index in [4.69, 9.17) is 0 Å². The topological polar surface area (TPSA) is 79.4 Å². The van der Waals surface area contributed by atoms with E-state index in [1.807, 2.05) is 42.6 Å². The van der Waals surface area contributed by atoms with Crippen LogP contribution in [0.2, 0.25) is 0 Å². The normalized spacial score (nSPS) is 18.6. The van der Waals surface area contributed by atoms with Crippen LogP contribution >= 0.6 is 22.7 Å². The van der Waals surface area contributed by atoms with Crippen LogP contribution in [0.4, 0.5) is 0 Å². The predicted molar refractivity (Wildman–Crippen MR) is 115 cm³/mol. The number of aromatic nitrogens is 1. The molecule has 29 heavy (non-hydrogen) atoms. The van der Waals surface area contributed by atoms with E-state index in [9.17, 15) is 13.2 Å². The smallest absolute Gasteiger partial charge is 0.253 e. The number of carbonyl (C=O) groups is 1. The minimum Gasteiger partial charge on any atom is -0.346 e. The Morgan fingerprint density at radius 3 is 2.72 bits per heavy atom. The molecule has 152 valence electrons. The van der Waals surface area contributed by atoms with E-state index in [0.717, 1.165) is 16.3 Å². The lowest BCUT2D eigenvalue weighted by Gasteiger charge is -2.24. The molecule has 1 amide bonds. The highest BCUT2D eigenvalue weighted by Gasteiger charge is 2.40. The molecule has 3 heterocycles. The summed E-state index contributed by atoms with van der Waals surface area (Å²) in [4.78, 5) is 17.5. The van der Waals surface area contributed by atoms with Crippen LogP contribution in [0.15, 0.2) is 57.4 Å². The van der Waals surface area contributed by atoms with Crippen LogP contribution in [0.3, 0.4) is 0 Å². The van der Waals surface area contributed by atoms with Crippen molar-refractivity contribution in [3.8, 4) is 11.3 Å². The molecule has 3 aromatic rings. The molecule has 2 unspecified atom stereocenters. The largest absolute Gasteiger partial charge is 0.346 e. The Balaban J connectivity index is 1.47. The van der Waals surface area contributed by atoms with Gasteiger partial charge in [0.05, 0.1) is 11.7 Å². The number of carbonyl (C=O) groups excluding carboxylic acids is 1. The number of thiophene rings is 1. The molecule has 1 aliphatic rings. The summed E-state index contributed by atoms with van der Waals surface area (Å²) in [6.07, 6.45) is 1.20. The van der Waals surface area contributed by atoms with Gasteiger partial charge < -0.3 is 5.32 Å². The average molecular weight is 448 g/mol. The van der Waals surface area contributed by atoms with Crippen molar-refractivity contribution in [3.63, 3.8) is 0 Å². The molecule has 0 aliphatic carbocycles. The lowest BCUT2D eigenvalue weighted by molar-refractivity contribution is -0.124. The van der Waals surface area contributed by atoms with Gasteiger partial charge in [-0.2, -0.15) is 4.31 Å². The summed E-state index contributed by atoms with van der Waals surface area (Å²) in [5.74, 6) is -0.272. The summed E-state index contributed by atoms with van der Waals surface area (Å²) in [6.45, 7) is 2.24. The van der Waals surface area contributed by atoms with Crippen LogP contribution in [-0.2, 0) is 14.8 Å². The highest BCUT2D eigenvalue weighted by Crippen LogP contribution is 2.30. The van der Waals surface area contributed by atoms with Crippen molar-refractivity contribution < 1.29 is 13.2 Å². The summed E-state index contributed by atoms with van der Waals surface area (Å²) in [5, 5.41) is 7.45. The Hall–Kier alpha value is -2.07. The standard InChI is InChI=1S/C20H21N3O3S3/c1-14(20-22-16(13-28-20)15-7-3-2-4-8-15)21-19(24)17-9-5-11-23(17)29(25,26)18-10-6-12-27-18/h2-4,6-8,10,12-14,17H,5,9,11H2,1H3,(H,21,24). The maximum Gasteiger partial charge on any atom is 0.253 e. The number of hydrogen-bond acceptors (Lipinski definition) is 6. The lowest BCUT2D eigenvalue weighted by Crippen LogP contribution is -2.46. The van der Waals surface area contributed by atoms with E-state index in [2.05, 4.69) is 10.3 Å². The van der Waals surface area contributed by atoms with E-state index >= 15 is 0 Å². The first-order valence-electron chi connectivity index (χ1n) is 9.33. The van der Waals surface area contributed by atoms with Gasteiger partial charge in [-0.05, 0) is 31.2 Å². The fourth-order valence-corrected chi connectivity index (χ4v) is 7.03. The second-order valence-corrected chi connectivity index (χ2v) is 10.8. The van der Waals surface area contributed by atoms with Gasteiger partial charge >= 0.3 is 0 Å². The Morgan fingerprint density at radius 2 is 2.00 bits per heavy atom. The Bertz CT molecular complexity index is 1080. The van der Waals surface area contributed by atoms with Crippen molar-refractivity contribution in [1.82, 2.24) is 14.6 Å². The van der Waals surface area contributed by atoms with Gasteiger partial charge in [-0.25, -0.2) is 13.4 Å². The lowest BCUT2D eigenvalue weighted by atomic mass is 10.2. The molecule has 0 radical (unpaired) electrons. The van der Waals surface area contributed by atoms with Crippen molar-refractivity contribution in [1.29, 1.82) is 0 Å². The molecule has 1 fully saturated rings. The van der Waals surface area contributed by atoms with Gasteiger partial charge in [0, 0.05) is 17.5 Å². The third-order valence-electron chi connectivity index (χ3n) is 4.89. The summed E-state index contributed by atoms with van der Waals surface area (Å²) >= 11 is 2.66. The monoisotopic (exact) mass is 447 g/mol. The van der Waals surface area contributed by atoms with Crippen molar-refractivity contribution in [2.45, 2.75) is 36.1 Å². The van der Waals surface area contributed by atoms with Crippen LogP contribution in [-0.4, -0.2) is 36.2 Å². The number of rotatable bonds is 6. The van der Waals surface area contributed by atoms with E-state index in [1.165, 1.54) is 27.0 Å². The van der Waals surface area contributed by atoms with Crippen LogP contribution in [0.1, 0.15) is 30.8 Å². The van der Waals surface area contributed by atoms with Crippen LogP contribution in [0.5, 0.6) is 0 Å². The fourth-order valence-electron chi connectivity index (χ4n) is 3.42. The quantitative estimate of drug-likeness (QED) is 0.621. The molecule has 6 nitrogen and oxygen atoms in total. The third kappa shape index (κ3) is 4.13. The Morgan fingerprint density at radius 1 is 1.21 bits per heavy atom. The SMILES string of the molecule is CC(NC(=O)C1CCCN1S(=O)(=O)c1cccs1)c1nc(-c2ccccc2)cs1. The molecule has 0 saturated carbocycles. The molecule has 1 N–H and O–H groups in total. The minimum atomic E-state index is -3.64. The first-order valence-corrected chi connectivity index (χ1v) is 12.5. The molecular formula is C20H21N3O3S3. The predicted octanol–water partition coefficient (Wildman–Crippen LogP) is 3.90. The number of sulfonamides is 1. The third-order valence-corrected chi connectivity index (χ3v) is 9.19. The van der Waals surface area contributed by atoms with E-state index in [1.54, 1.807) is 17.5 Å². The van der Waals surface area contributed by atoms with E-state index in [-0.39, 0.29) is 16.2 Å². The highest BCUT2D eigenvalue weighted by molar-refractivity contribution is 7.91. The average Bonchev–Trinajstić information content (AvgIpc) is 3.50. The molecular weight excluding hydrogens is 426 g/mol. The molecule has 9 heteroatoms. The van der Waals surface area contributed by atoms with Crippen LogP contribution in [0, 0.1) is 0 Å². The van der Waals surface area contributed by atoms with Crippen molar-refractivity contribution in [3.05, 3.63) is 58.2 Å². The number of thiazole rings is 1. The maximum atomic E-state index is 12.9. The zero-order valence-electron chi connectivity index (χ0n) is 15.8. The van der Waals surface area contributed by atoms with Gasteiger partial charge in [-0.3, -0.25) is 4.79 Å². The minimum absolute atomic E-state index is 0.272. The molecule has 4 rings (SSSR count). The van der Waals surface area contributed by atoms with E-state index < -0.39 is 16.1 Å². The summed E-state index contributed by atoms with van der Waals surface area (Å²) in [5.41, 5.74) is 1.90. The number of nitrogens with one attached hydrogen (secondary N) is 1. The van der Waals surface area contributed by atoms with Crippen molar-refractivity contribution in [2.75, 3.05) is 6.54 Å². The van der Waals surface area contributed by atoms with Crippen molar-refractivity contribution in [2.24, 2.45) is 0 Å². The van der Waals surface area contributed by atoms with Gasteiger partial charge in [0.2, 0.25) is 5.91 Å². The van der Waals surface area contributed by atoms with Gasteiger partial charge in [0.25, 0.3) is 10.0 Å². The summed E-state index contributed by atoms with van der Waals surface area (Å²) < 4.78 is 27.4. The first kappa shape index (κ1) is 20.2. The van der Waals surface area contributed by atoms with Gasteiger partial charge in [-0.15, -0.1) is 22.7 Å².